The van der Waals surface area contributed by atoms with Gasteiger partial charge in [0.1, 0.15) is 23.0 Å². The number of fused-ring (bicyclic) bond motifs is 1. The number of nitrogens with zero attached hydrogens (tertiary/aromatic N) is 6. The summed E-state index contributed by atoms with van der Waals surface area (Å²) in [4.78, 5) is 35.4. The molecule has 5 rings (SSSR count). The van der Waals surface area contributed by atoms with E-state index in [1.165, 1.54) is 29.9 Å². The Balaban J connectivity index is 0.00000274. The van der Waals surface area contributed by atoms with E-state index in [0.29, 0.717) is 24.8 Å². The van der Waals surface area contributed by atoms with Crippen LogP contribution in [0.1, 0.15) is 35.6 Å². The Morgan fingerprint density at radius 2 is 1.94 bits per heavy atom. The topological polar surface area (TPSA) is 111 Å². The third kappa shape index (κ3) is 3.78. The van der Waals surface area contributed by atoms with Crippen LogP contribution >= 0.6 is 25.1 Å². The summed E-state index contributed by atoms with van der Waals surface area (Å²) >= 11 is 6.18. The van der Waals surface area contributed by atoms with Crippen LogP contribution in [0.2, 0.25) is 5.02 Å². The van der Waals surface area contributed by atoms with Crippen LogP contribution in [0.4, 0.5) is 20.5 Å². The Kier molecular flexibility index (Phi) is 6.04. The summed E-state index contributed by atoms with van der Waals surface area (Å²) in [5.41, 5.74) is 5.43. The van der Waals surface area contributed by atoms with Gasteiger partial charge >= 0.3 is 0 Å². The smallest absolute Gasteiger partial charge is 0.284 e. The van der Waals surface area contributed by atoms with Gasteiger partial charge in [0.15, 0.2) is 11.6 Å². The zero-order chi connectivity index (χ0) is 23.4. The summed E-state index contributed by atoms with van der Waals surface area (Å²) in [6, 6.07) is 3.75. The average molecular weight is 506 g/mol. The molecule has 1 saturated heterocycles. The van der Waals surface area contributed by atoms with Crippen molar-refractivity contribution in [3.05, 3.63) is 75.1 Å². The number of carbonyl (C=O) groups excluding carboxylic acids is 1. The first-order valence-electron chi connectivity index (χ1n) is 9.91. The van der Waals surface area contributed by atoms with Crippen molar-refractivity contribution < 1.29 is 13.6 Å². The molecule has 0 unspecified atom stereocenters. The molecule has 1 aromatic carbocycles. The van der Waals surface area contributed by atoms with E-state index in [2.05, 4.69) is 15.1 Å². The highest BCUT2D eigenvalue weighted by Gasteiger charge is 2.37. The largest absolute Gasteiger partial charge is 0.368 e. The molecular weight excluding hydrogens is 488 g/mol. The SMILES string of the molecule is CC(=O)c1cnc(N)nc1N1CC[C@H]1c1nn2ccc(Cl)c2c(=O)n1-c1cc(F)cc(F)c1.S. The molecule has 9 nitrogen and oxygen atoms in total. The van der Waals surface area contributed by atoms with Gasteiger partial charge in [-0.3, -0.25) is 14.2 Å². The Bertz CT molecular complexity index is 1490. The number of ketones is 1. The van der Waals surface area contributed by atoms with Gasteiger partial charge in [0, 0.05) is 25.0 Å². The minimum absolute atomic E-state index is 0. The lowest BCUT2D eigenvalue weighted by atomic mass is 10.00. The first kappa shape index (κ1) is 23.6. The highest BCUT2D eigenvalue weighted by atomic mass is 35.5. The number of aromatic nitrogens is 5. The van der Waals surface area contributed by atoms with Crippen molar-refractivity contribution >= 4 is 48.2 Å². The fourth-order valence-electron chi connectivity index (χ4n) is 3.94. The Hall–Kier alpha value is -3.51. The Morgan fingerprint density at radius 1 is 1.24 bits per heavy atom. The summed E-state index contributed by atoms with van der Waals surface area (Å²) < 4.78 is 30.5. The number of halogens is 3. The van der Waals surface area contributed by atoms with Gasteiger partial charge in [-0.1, -0.05) is 11.6 Å². The summed E-state index contributed by atoms with van der Waals surface area (Å²) in [5.74, 6) is -1.49. The molecule has 34 heavy (non-hydrogen) atoms. The summed E-state index contributed by atoms with van der Waals surface area (Å²) in [6.45, 7) is 1.87. The molecule has 1 atom stereocenters. The third-order valence-corrected chi connectivity index (χ3v) is 5.83. The monoisotopic (exact) mass is 505 g/mol. The predicted molar refractivity (Wildman–Crippen MR) is 127 cm³/mol. The number of nitrogens with two attached hydrogens (primary N) is 1. The van der Waals surface area contributed by atoms with Crippen LogP contribution < -0.4 is 16.2 Å². The zero-order valence-corrected chi connectivity index (χ0v) is 19.4. The van der Waals surface area contributed by atoms with Gasteiger partial charge in [0.2, 0.25) is 5.95 Å². The predicted octanol–water partition coefficient (Wildman–Crippen LogP) is 3.06. The van der Waals surface area contributed by atoms with Crippen LogP contribution in [0.25, 0.3) is 11.2 Å². The fraction of sp³-hybridized carbons (Fsp3) is 0.190. The number of nitrogen functional groups attached to an aromatic ring is 1. The molecule has 1 aliphatic rings. The molecular formula is C21H18ClF2N7O2S. The summed E-state index contributed by atoms with van der Waals surface area (Å²) in [5, 5.41) is 4.69. The van der Waals surface area contributed by atoms with Gasteiger partial charge in [0.05, 0.1) is 22.3 Å². The fourth-order valence-corrected chi connectivity index (χ4v) is 4.17. The number of rotatable bonds is 4. The quantitative estimate of drug-likeness (QED) is 0.424. The molecule has 3 aromatic heterocycles. The van der Waals surface area contributed by atoms with E-state index in [1.54, 1.807) is 4.90 Å². The highest BCUT2D eigenvalue weighted by Crippen LogP contribution is 2.38. The number of Topliss-reactive ketones (excluding diaryl/α,β-unsaturated/α-hetero) is 1. The first-order chi connectivity index (χ1) is 15.7. The molecule has 0 amide bonds. The second-order valence-electron chi connectivity index (χ2n) is 7.60. The van der Waals surface area contributed by atoms with E-state index >= 15 is 0 Å². The zero-order valence-electron chi connectivity index (χ0n) is 17.7. The Labute approximate surface area is 203 Å². The lowest BCUT2D eigenvalue weighted by Gasteiger charge is -2.42. The maximum Gasteiger partial charge on any atom is 0.284 e. The molecule has 1 fully saturated rings. The van der Waals surface area contributed by atoms with E-state index in [-0.39, 0.29) is 52.8 Å². The molecule has 2 N–H and O–H groups in total. The molecule has 4 heterocycles. The van der Waals surface area contributed by atoms with Crippen molar-refractivity contribution in [3.63, 3.8) is 0 Å². The van der Waals surface area contributed by atoms with E-state index in [4.69, 9.17) is 17.3 Å². The molecule has 13 heteroatoms. The average Bonchev–Trinajstić information content (AvgIpc) is 3.07. The number of anilines is 2. The van der Waals surface area contributed by atoms with Crippen molar-refractivity contribution in [2.24, 2.45) is 0 Å². The van der Waals surface area contributed by atoms with Gasteiger partial charge in [-0.15, -0.1) is 0 Å². The van der Waals surface area contributed by atoms with Gasteiger partial charge in [-0.2, -0.15) is 23.6 Å². The summed E-state index contributed by atoms with van der Waals surface area (Å²) in [6.07, 6.45) is 3.39. The first-order valence-corrected chi connectivity index (χ1v) is 10.3. The standard InChI is InChI=1S/C21H16ClF2N7O2.H2S/c1-10(32)14-9-26-21(25)27-18(14)29-4-3-16(29)19-28-30-5-2-15(22)17(30)20(33)31(19)13-7-11(23)6-12(24)8-13;/h2,5-9,16H,3-4H2,1H3,(H2,25,26,27);1H2/t16-;/m0./s1. The van der Waals surface area contributed by atoms with E-state index in [9.17, 15) is 18.4 Å². The summed E-state index contributed by atoms with van der Waals surface area (Å²) in [7, 11) is 0. The highest BCUT2D eigenvalue weighted by molar-refractivity contribution is 7.59. The minimum atomic E-state index is -0.850. The van der Waals surface area contributed by atoms with Gasteiger partial charge in [0.25, 0.3) is 5.56 Å². The molecule has 0 spiro atoms. The van der Waals surface area contributed by atoms with Crippen LogP contribution in [-0.4, -0.2) is 36.5 Å². The lowest BCUT2D eigenvalue weighted by Crippen LogP contribution is -2.46. The second-order valence-corrected chi connectivity index (χ2v) is 8.01. The van der Waals surface area contributed by atoms with Crippen LogP contribution in [0.5, 0.6) is 0 Å². The maximum absolute atomic E-state index is 14.0. The van der Waals surface area contributed by atoms with Crippen molar-refractivity contribution in [2.45, 2.75) is 19.4 Å². The van der Waals surface area contributed by atoms with Crippen LogP contribution in [0, 0.1) is 11.6 Å². The Morgan fingerprint density at radius 3 is 2.56 bits per heavy atom. The van der Waals surface area contributed by atoms with E-state index < -0.39 is 23.2 Å². The van der Waals surface area contributed by atoms with Crippen LogP contribution in [-0.2, 0) is 0 Å². The molecule has 1 aliphatic heterocycles. The molecule has 4 aromatic rings. The van der Waals surface area contributed by atoms with Crippen LogP contribution in [0.3, 0.4) is 0 Å². The van der Waals surface area contributed by atoms with Crippen molar-refractivity contribution in [1.29, 1.82) is 0 Å². The molecule has 0 radical (unpaired) electrons. The van der Waals surface area contributed by atoms with Crippen molar-refractivity contribution in [3.8, 4) is 5.69 Å². The number of hydrogen-bond acceptors (Lipinski definition) is 7. The maximum atomic E-state index is 14.0. The second kappa shape index (κ2) is 8.69. The van der Waals surface area contributed by atoms with E-state index in [0.717, 1.165) is 16.7 Å². The van der Waals surface area contributed by atoms with Crippen LogP contribution in [0.15, 0.2) is 41.5 Å². The van der Waals surface area contributed by atoms with Crippen molar-refractivity contribution in [1.82, 2.24) is 24.1 Å². The third-order valence-electron chi connectivity index (χ3n) is 5.52. The number of benzene rings is 1. The molecule has 0 saturated carbocycles. The van der Waals surface area contributed by atoms with Gasteiger partial charge in [-0.05, 0) is 31.5 Å². The van der Waals surface area contributed by atoms with Gasteiger partial charge in [-0.25, -0.2) is 18.3 Å². The number of carbonyl (C=O) groups is 1. The minimum Gasteiger partial charge on any atom is -0.368 e. The lowest BCUT2D eigenvalue weighted by molar-refractivity contribution is 0.101. The molecule has 0 bridgehead atoms. The molecule has 176 valence electrons. The van der Waals surface area contributed by atoms with E-state index in [1.807, 2.05) is 0 Å². The van der Waals surface area contributed by atoms with Gasteiger partial charge < -0.3 is 10.6 Å². The van der Waals surface area contributed by atoms with Crippen molar-refractivity contribution in [2.75, 3.05) is 17.2 Å². The normalized spacial score (nSPS) is 15.2. The molecule has 0 aliphatic carbocycles. The number of hydrogen-bond donors (Lipinski definition) is 1.